The molecule has 2 atom stereocenters. The Hall–Kier alpha value is -0.570. The van der Waals surface area contributed by atoms with Crippen molar-refractivity contribution in [1.82, 2.24) is 4.90 Å². The molecule has 0 aromatic heterocycles. The molecule has 3 heteroatoms. The van der Waals surface area contributed by atoms with E-state index in [1.807, 2.05) is 12.1 Å². The normalized spacial score (nSPS) is 23.6. The van der Waals surface area contributed by atoms with Crippen LogP contribution in [0, 0.1) is 0 Å². The van der Waals surface area contributed by atoms with Gasteiger partial charge in [0.2, 0.25) is 0 Å². The van der Waals surface area contributed by atoms with Crippen LogP contribution < -0.4 is 5.73 Å². The zero-order valence-electron chi connectivity index (χ0n) is 10.4. The van der Waals surface area contributed by atoms with Crippen LogP contribution in [0.15, 0.2) is 24.3 Å². The molecule has 0 aliphatic carbocycles. The van der Waals surface area contributed by atoms with Crippen LogP contribution in [0.1, 0.15) is 37.8 Å². The Morgan fingerprint density at radius 2 is 2.18 bits per heavy atom. The average Bonchev–Trinajstić information content (AvgIpc) is 2.38. The number of rotatable bonds is 3. The Labute approximate surface area is 109 Å². The van der Waals surface area contributed by atoms with E-state index >= 15 is 0 Å². The van der Waals surface area contributed by atoms with E-state index in [4.69, 9.17) is 17.3 Å². The number of hydrogen-bond acceptors (Lipinski definition) is 2. The van der Waals surface area contributed by atoms with Crippen LogP contribution in [0.2, 0.25) is 5.02 Å². The van der Waals surface area contributed by atoms with Crippen molar-refractivity contribution in [3.8, 4) is 0 Å². The van der Waals surface area contributed by atoms with Crippen LogP contribution in [-0.4, -0.2) is 24.0 Å². The lowest BCUT2D eigenvalue weighted by atomic mass is 9.97. The first-order valence-electron chi connectivity index (χ1n) is 6.44. The van der Waals surface area contributed by atoms with Gasteiger partial charge in [-0.15, -0.1) is 0 Å². The molecule has 1 aromatic carbocycles. The molecule has 2 rings (SSSR count). The van der Waals surface area contributed by atoms with E-state index in [0.29, 0.717) is 12.1 Å². The smallest absolute Gasteiger partial charge is 0.0453 e. The summed E-state index contributed by atoms with van der Waals surface area (Å²) in [6, 6.07) is 8.99. The molecule has 1 aromatic rings. The predicted molar refractivity (Wildman–Crippen MR) is 73.3 cm³/mol. The molecule has 1 saturated heterocycles. The van der Waals surface area contributed by atoms with Gasteiger partial charge in [0.05, 0.1) is 0 Å². The third-order valence-corrected chi connectivity index (χ3v) is 4.14. The van der Waals surface area contributed by atoms with Gasteiger partial charge in [0.15, 0.2) is 0 Å². The third kappa shape index (κ3) is 2.82. The van der Waals surface area contributed by atoms with E-state index in [9.17, 15) is 0 Å². The first-order valence-corrected chi connectivity index (χ1v) is 6.82. The number of nitrogens with zero attached hydrogens (tertiary/aromatic N) is 1. The quantitative estimate of drug-likeness (QED) is 0.895. The van der Waals surface area contributed by atoms with Crippen LogP contribution in [-0.2, 0) is 0 Å². The largest absolute Gasteiger partial charge is 0.329 e. The van der Waals surface area contributed by atoms with Crippen molar-refractivity contribution in [3.05, 3.63) is 34.9 Å². The Morgan fingerprint density at radius 1 is 1.41 bits per heavy atom. The number of benzene rings is 1. The minimum Gasteiger partial charge on any atom is -0.329 e. The fourth-order valence-corrected chi connectivity index (χ4v) is 3.07. The summed E-state index contributed by atoms with van der Waals surface area (Å²) in [5, 5.41) is 0.862. The molecule has 1 aliphatic heterocycles. The standard InChI is InChI=1S/C14H21ClN2/c1-11(13-7-2-3-8-14(13)15)17-9-5-4-6-12(17)10-16/h2-3,7-8,11-12H,4-6,9-10,16H2,1H3. The number of nitrogens with two attached hydrogens (primary N) is 1. The van der Waals surface area contributed by atoms with E-state index in [-0.39, 0.29) is 0 Å². The lowest BCUT2D eigenvalue weighted by Crippen LogP contribution is -2.45. The average molecular weight is 253 g/mol. The van der Waals surface area contributed by atoms with Gasteiger partial charge in [-0.1, -0.05) is 36.2 Å². The van der Waals surface area contributed by atoms with Crippen molar-refractivity contribution in [1.29, 1.82) is 0 Å². The van der Waals surface area contributed by atoms with Gasteiger partial charge in [-0.05, 0) is 37.9 Å². The molecule has 0 amide bonds. The second-order valence-corrected chi connectivity index (χ2v) is 5.23. The van der Waals surface area contributed by atoms with Gasteiger partial charge in [0.1, 0.15) is 0 Å². The highest BCUT2D eigenvalue weighted by molar-refractivity contribution is 6.31. The summed E-state index contributed by atoms with van der Waals surface area (Å²) in [6.07, 6.45) is 3.78. The maximum atomic E-state index is 6.27. The van der Waals surface area contributed by atoms with Crippen LogP contribution in [0.25, 0.3) is 0 Å². The fourth-order valence-electron chi connectivity index (χ4n) is 2.78. The summed E-state index contributed by atoms with van der Waals surface area (Å²) in [4.78, 5) is 2.50. The second kappa shape index (κ2) is 5.85. The van der Waals surface area contributed by atoms with Crippen molar-refractivity contribution >= 4 is 11.6 Å². The van der Waals surface area contributed by atoms with Crippen molar-refractivity contribution in [2.24, 2.45) is 5.73 Å². The van der Waals surface area contributed by atoms with Crippen LogP contribution in [0.3, 0.4) is 0 Å². The first-order chi connectivity index (χ1) is 8.24. The van der Waals surface area contributed by atoms with Gasteiger partial charge in [0, 0.05) is 23.7 Å². The first kappa shape index (κ1) is 12.9. The Kier molecular flexibility index (Phi) is 4.43. The number of likely N-dealkylation sites (tertiary alicyclic amines) is 1. The summed E-state index contributed by atoms with van der Waals surface area (Å²) in [5.41, 5.74) is 7.09. The number of halogens is 1. The minimum absolute atomic E-state index is 0.359. The Morgan fingerprint density at radius 3 is 2.88 bits per heavy atom. The molecule has 2 unspecified atom stereocenters. The molecule has 0 radical (unpaired) electrons. The van der Waals surface area contributed by atoms with E-state index in [1.54, 1.807) is 0 Å². The highest BCUT2D eigenvalue weighted by Crippen LogP contribution is 2.31. The molecule has 2 nitrogen and oxygen atoms in total. The zero-order chi connectivity index (χ0) is 12.3. The summed E-state index contributed by atoms with van der Waals surface area (Å²) in [5.74, 6) is 0. The van der Waals surface area contributed by atoms with Crippen molar-refractivity contribution < 1.29 is 0 Å². The molecular formula is C14H21ClN2. The Balaban J connectivity index is 2.18. The SMILES string of the molecule is CC(c1ccccc1Cl)N1CCCCC1CN. The van der Waals surface area contributed by atoms with Gasteiger partial charge >= 0.3 is 0 Å². The van der Waals surface area contributed by atoms with Crippen LogP contribution in [0.4, 0.5) is 0 Å². The van der Waals surface area contributed by atoms with Crippen molar-refractivity contribution in [2.75, 3.05) is 13.1 Å². The molecule has 0 saturated carbocycles. The van der Waals surface area contributed by atoms with E-state index in [2.05, 4.69) is 24.0 Å². The lowest BCUT2D eigenvalue weighted by Gasteiger charge is -2.39. The topological polar surface area (TPSA) is 29.3 Å². The summed E-state index contributed by atoms with van der Waals surface area (Å²) in [6.45, 7) is 4.11. The summed E-state index contributed by atoms with van der Waals surface area (Å²) >= 11 is 6.27. The highest BCUT2D eigenvalue weighted by Gasteiger charge is 2.26. The molecule has 1 fully saturated rings. The molecule has 17 heavy (non-hydrogen) atoms. The van der Waals surface area contributed by atoms with Crippen LogP contribution in [0.5, 0.6) is 0 Å². The minimum atomic E-state index is 0.359. The molecular weight excluding hydrogens is 232 g/mol. The van der Waals surface area contributed by atoms with E-state index in [1.165, 1.54) is 24.8 Å². The lowest BCUT2D eigenvalue weighted by molar-refractivity contribution is 0.108. The fraction of sp³-hybridized carbons (Fsp3) is 0.571. The highest BCUT2D eigenvalue weighted by atomic mass is 35.5. The molecule has 0 spiro atoms. The molecule has 1 heterocycles. The second-order valence-electron chi connectivity index (χ2n) is 4.82. The van der Waals surface area contributed by atoms with Crippen molar-refractivity contribution in [3.63, 3.8) is 0 Å². The van der Waals surface area contributed by atoms with Gasteiger partial charge in [-0.2, -0.15) is 0 Å². The van der Waals surface area contributed by atoms with Gasteiger partial charge in [0.25, 0.3) is 0 Å². The Bertz CT molecular complexity index is 367. The monoisotopic (exact) mass is 252 g/mol. The van der Waals surface area contributed by atoms with Gasteiger partial charge in [-0.3, -0.25) is 4.90 Å². The summed E-state index contributed by atoms with van der Waals surface area (Å²) < 4.78 is 0. The zero-order valence-corrected chi connectivity index (χ0v) is 11.2. The van der Waals surface area contributed by atoms with Gasteiger partial charge < -0.3 is 5.73 Å². The molecule has 1 aliphatic rings. The molecule has 0 bridgehead atoms. The molecule has 2 N–H and O–H groups in total. The van der Waals surface area contributed by atoms with E-state index < -0.39 is 0 Å². The predicted octanol–water partition coefficient (Wildman–Crippen LogP) is 3.21. The number of hydrogen-bond donors (Lipinski definition) is 1. The maximum Gasteiger partial charge on any atom is 0.0453 e. The molecule has 94 valence electrons. The third-order valence-electron chi connectivity index (χ3n) is 3.80. The van der Waals surface area contributed by atoms with Gasteiger partial charge in [-0.25, -0.2) is 0 Å². The summed E-state index contributed by atoms with van der Waals surface area (Å²) in [7, 11) is 0. The van der Waals surface area contributed by atoms with Crippen LogP contribution >= 0.6 is 11.6 Å². The maximum absolute atomic E-state index is 6.27. The van der Waals surface area contributed by atoms with E-state index in [0.717, 1.165) is 18.1 Å². The number of piperidine rings is 1. The van der Waals surface area contributed by atoms with Crippen molar-refractivity contribution in [2.45, 2.75) is 38.3 Å².